The van der Waals surface area contributed by atoms with Crippen LogP contribution in [-0.2, 0) is 11.8 Å². The molecule has 18 heavy (non-hydrogen) atoms. The number of piperazine rings is 1. The van der Waals surface area contributed by atoms with Gasteiger partial charge in [-0.25, -0.2) is 0 Å². The van der Waals surface area contributed by atoms with Crippen molar-refractivity contribution in [3.8, 4) is 0 Å². The Labute approximate surface area is 106 Å². The highest BCUT2D eigenvalue weighted by atomic mass is 16.2. The lowest BCUT2D eigenvalue weighted by atomic mass is 10.2. The zero-order valence-electron chi connectivity index (χ0n) is 11.0. The Kier molecular flexibility index (Phi) is 3.36. The maximum absolute atomic E-state index is 12.2. The zero-order chi connectivity index (χ0) is 13.3. The molecule has 6 nitrogen and oxygen atoms in total. The lowest BCUT2D eigenvalue weighted by Gasteiger charge is -2.33. The van der Waals surface area contributed by atoms with Crippen molar-refractivity contribution in [3.05, 3.63) is 17.5 Å². The second kappa shape index (κ2) is 4.80. The molecule has 0 radical (unpaired) electrons. The van der Waals surface area contributed by atoms with Crippen LogP contribution in [0, 0.1) is 6.92 Å². The van der Waals surface area contributed by atoms with Gasteiger partial charge < -0.3 is 9.80 Å². The monoisotopic (exact) mass is 250 g/mol. The molecule has 0 unspecified atom stereocenters. The van der Waals surface area contributed by atoms with E-state index < -0.39 is 0 Å². The van der Waals surface area contributed by atoms with Crippen LogP contribution in [0.2, 0.25) is 0 Å². The summed E-state index contributed by atoms with van der Waals surface area (Å²) >= 11 is 0. The standard InChI is InChI=1S/C12H18N4O2/c1-9-8-11(13-14(9)3)12(18)16-6-4-15(5-7-16)10(2)17/h8H,4-7H2,1-3H3. The van der Waals surface area contributed by atoms with Gasteiger partial charge in [0.25, 0.3) is 5.91 Å². The molecule has 6 heteroatoms. The first-order chi connectivity index (χ1) is 8.49. The molecule has 0 N–H and O–H groups in total. The summed E-state index contributed by atoms with van der Waals surface area (Å²) in [6.45, 7) is 5.83. The summed E-state index contributed by atoms with van der Waals surface area (Å²) in [7, 11) is 1.82. The molecule has 98 valence electrons. The molecule has 0 aromatic carbocycles. The molecule has 2 rings (SSSR count). The van der Waals surface area contributed by atoms with Crippen molar-refractivity contribution < 1.29 is 9.59 Å². The van der Waals surface area contributed by atoms with Gasteiger partial charge in [-0.05, 0) is 13.0 Å². The van der Waals surface area contributed by atoms with E-state index in [1.807, 2.05) is 14.0 Å². The largest absolute Gasteiger partial charge is 0.339 e. The Morgan fingerprint density at radius 3 is 2.17 bits per heavy atom. The third-order valence-electron chi connectivity index (χ3n) is 3.35. The van der Waals surface area contributed by atoms with E-state index in [2.05, 4.69) is 5.10 Å². The van der Waals surface area contributed by atoms with Gasteiger partial charge in [-0.2, -0.15) is 5.10 Å². The summed E-state index contributed by atoms with van der Waals surface area (Å²) in [5.74, 6) is 0.0117. The predicted molar refractivity (Wildman–Crippen MR) is 66.1 cm³/mol. The quantitative estimate of drug-likeness (QED) is 0.706. The van der Waals surface area contributed by atoms with E-state index in [0.717, 1.165) is 5.69 Å². The number of amides is 2. The van der Waals surface area contributed by atoms with Gasteiger partial charge in [0, 0.05) is 45.8 Å². The molecule has 0 bridgehead atoms. The number of aryl methyl sites for hydroxylation is 2. The van der Waals surface area contributed by atoms with E-state index in [4.69, 9.17) is 0 Å². The summed E-state index contributed by atoms with van der Waals surface area (Å²) in [6, 6.07) is 1.79. The van der Waals surface area contributed by atoms with Crippen molar-refractivity contribution in [3.63, 3.8) is 0 Å². The Hall–Kier alpha value is -1.85. The summed E-state index contributed by atoms with van der Waals surface area (Å²) in [6.07, 6.45) is 0. The molecule has 1 aromatic rings. The average Bonchev–Trinajstić information content (AvgIpc) is 2.69. The molecule has 1 aliphatic rings. The number of carbonyl (C=O) groups excluding carboxylic acids is 2. The summed E-state index contributed by atoms with van der Waals surface area (Å²) in [5.41, 5.74) is 1.44. The molecule has 2 heterocycles. The SMILES string of the molecule is CC(=O)N1CCN(C(=O)c2cc(C)n(C)n2)CC1. The van der Waals surface area contributed by atoms with Gasteiger partial charge in [-0.15, -0.1) is 0 Å². The molecule has 1 saturated heterocycles. The molecule has 1 fully saturated rings. The van der Waals surface area contributed by atoms with Gasteiger partial charge in [0.15, 0.2) is 5.69 Å². The highest BCUT2D eigenvalue weighted by molar-refractivity contribution is 5.92. The average molecular weight is 250 g/mol. The van der Waals surface area contributed by atoms with Gasteiger partial charge in [-0.3, -0.25) is 14.3 Å². The highest BCUT2D eigenvalue weighted by Crippen LogP contribution is 2.09. The first-order valence-corrected chi connectivity index (χ1v) is 6.04. The lowest BCUT2D eigenvalue weighted by molar-refractivity contribution is -0.130. The second-order valence-electron chi connectivity index (χ2n) is 4.59. The van der Waals surface area contributed by atoms with Crippen molar-refractivity contribution in [2.24, 2.45) is 7.05 Å². The Bertz CT molecular complexity index is 453. The van der Waals surface area contributed by atoms with Crippen molar-refractivity contribution in [1.29, 1.82) is 0 Å². The minimum absolute atomic E-state index is 0.0538. The topological polar surface area (TPSA) is 58.4 Å². The van der Waals surface area contributed by atoms with Gasteiger partial charge in [-0.1, -0.05) is 0 Å². The van der Waals surface area contributed by atoms with E-state index >= 15 is 0 Å². The van der Waals surface area contributed by atoms with Crippen LogP contribution < -0.4 is 0 Å². The first kappa shape index (κ1) is 12.6. The minimum Gasteiger partial charge on any atom is -0.339 e. The normalized spacial score (nSPS) is 15.9. The van der Waals surface area contributed by atoms with Crippen LogP contribution in [0.15, 0.2) is 6.07 Å². The van der Waals surface area contributed by atoms with Gasteiger partial charge >= 0.3 is 0 Å². The number of rotatable bonds is 1. The summed E-state index contributed by atoms with van der Waals surface area (Å²) in [4.78, 5) is 26.9. The number of hydrogen-bond donors (Lipinski definition) is 0. The fraction of sp³-hybridized carbons (Fsp3) is 0.583. The van der Waals surface area contributed by atoms with Crippen LogP contribution in [0.3, 0.4) is 0 Å². The maximum Gasteiger partial charge on any atom is 0.274 e. The lowest BCUT2D eigenvalue weighted by Crippen LogP contribution is -2.50. The van der Waals surface area contributed by atoms with Crippen molar-refractivity contribution >= 4 is 11.8 Å². The van der Waals surface area contributed by atoms with E-state index in [9.17, 15) is 9.59 Å². The Morgan fingerprint density at radius 1 is 1.17 bits per heavy atom. The Balaban J connectivity index is 2.01. The molecule has 1 aromatic heterocycles. The fourth-order valence-corrected chi connectivity index (χ4v) is 2.05. The van der Waals surface area contributed by atoms with Crippen LogP contribution in [0.1, 0.15) is 23.1 Å². The third kappa shape index (κ3) is 2.37. The molecule has 1 aliphatic heterocycles. The smallest absolute Gasteiger partial charge is 0.274 e. The Morgan fingerprint density at radius 2 is 1.72 bits per heavy atom. The van der Waals surface area contributed by atoms with Crippen LogP contribution in [0.25, 0.3) is 0 Å². The minimum atomic E-state index is -0.0538. The van der Waals surface area contributed by atoms with E-state index in [1.54, 1.807) is 27.5 Å². The molecule has 0 atom stereocenters. The van der Waals surface area contributed by atoms with Crippen LogP contribution >= 0.6 is 0 Å². The van der Waals surface area contributed by atoms with Crippen LogP contribution in [-0.4, -0.2) is 57.6 Å². The highest BCUT2D eigenvalue weighted by Gasteiger charge is 2.24. The van der Waals surface area contributed by atoms with Crippen LogP contribution in [0.4, 0.5) is 0 Å². The number of aromatic nitrogens is 2. The molecule has 2 amide bonds. The van der Waals surface area contributed by atoms with Gasteiger partial charge in [0.1, 0.15) is 0 Å². The summed E-state index contributed by atoms with van der Waals surface area (Å²) < 4.78 is 1.69. The molecule has 0 saturated carbocycles. The number of nitrogens with zero attached hydrogens (tertiary/aromatic N) is 4. The predicted octanol–water partition coefficient (Wildman–Crippen LogP) is 0.0328. The number of hydrogen-bond acceptors (Lipinski definition) is 3. The van der Waals surface area contributed by atoms with Crippen molar-refractivity contribution in [1.82, 2.24) is 19.6 Å². The molecule has 0 aliphatic carbocycles. The van der Waals surface area contributed by atoms with Crippen molar-refractivity contribution in [2.45, 2.75) is 13.8 Å². The fourth-order valence-electron chi connectivity index (χ4n) is 2.05. The first-order valence-electron chi connectivity index (χ1n) is 6.04. The van der Waals surface area contributed by atoms with Gasteiger partial charge in [0.05, 0.1) is 0 Å². The number of carbonyl (C=O) groups is 2. The molecular formula is C12H18N4O2. The second-order valence-corrected chi connectivity index (χ2v) is 4.59. The maximum atomic E-state index is 12.2. The van der Waals surface area contributed by atoms with Crippen LogP contribution in [0.5, 0.6) is 0 Å². The molecular weight excluding hydrogens is 232 g/mol. The van der Waals surface area contributed by atoms with Crippen molar-refractivity contribution in [2.75, 3.05) is 26.2 Å². The third-order valence-corrected chi connectivity index (χ3v) is 3.35. The zero-order valence-corrected chi connectivity index (χ0v) is 11.0. The van der Waals surface area contributed by atoms with Gasteiger partial charge in [0.2, 0.25) is 5.91 Å². The molecule has 0 spiro atoms. The van der Waals surface area contributed by atoms with E-state index in [-0.39, 0.29) is 11.8 Å². The van der Waals surface area contributed by atoms with E-state index in [0.29, 0.717) is 31.9 Å². The van der Waals surface area contributed by atoms with E-state index in [1.165, 1.54) is 0 Å². The summed E-state index contributed by atoms with van der Waals surface area (Å²) in [5, 5.41) is 4.18.